The molecule has 1 atom stereocenters. The van der Waals surface area contributed by atoms with Gasteiger partial charge in [0.05, 0.1) is 6.33 Å². The molecule has 1 rings (SSSR count). The Morgan fingerprint density at radius 3 is 3.06 bits per heavy atom. The number of hydrogen-bond acceptors (Lipinski definition) is 3. The molecule has 0 saturated carbocycles. The summed E-state index contributed by atoms with van der Waals surface area (Å²) in [5.74, 6) is -0.107. The van der Waals surface area contributed by atoms with Gasteiger partial charge >= 0.3 is 0 Å². The van der Waals surface area contributed by atoms with Crippen LogP contribution >= 0.6 is 0 Å². The van der Waals surface area contributed by atoms with E-state index in [0.717, 1.165) is 19.3 Å². The average Bonchev–Trinajstić information content (AvgIpc) is 2.75. The van der Waals surface area contributed by atoms with Crippen LogP contribution in [0.5, 0.6) is 0 Å². The number of rotatable bonds is 7. The Balaban J connectivity index is 2.45. The van der Waals surface area contributed by atoms with Gasteiger partial charge < -0.3 is 15.6 Å². The monoisotopic (exact) mass is 238 g/mol. The van der Waals surface area contributed by atoms with E-state index in [-0.39, 0.29) is 11.9 Å². The molecule has 1 aromatic heterocycles. The summed E-state index contributed by atoms with van der Waals surface area (Å²) in [5.41, 5.74) is 5.89. The third kappa shape index (κ3) is 4.56. The molecule has 0 bridgehead atoms. The number of carbonyl (C=O) groups is 1. The van der Waals surface area contributed by atoms with E-state index in [4.69, 9.17) is 5.73 Å². The summed E-state index contributed by atoms with van der Waals surface area (Å²) in [7, 11) is 0. The van der Waals surface area contributed by atoms with Crippen LogP contribution in [0.25, 0.3) is 0 Å². The van der Waals surface area contributed by atoms with Gasteiger partial charge in [-0.1, -0.05) is 19.8 Å². The molecule has 5 heteroatoms. The van der Waals surface area contributed by atoms with Gasteiger partial charge in [-0.3, -0.25) is 4.79 Å². The molecule has 0 aliphatic heterocycles. The molecule has 1 aromatic rings. The standard InChI is InChI=1S/C12H22N4O/c1-3-4-5-10(2)15-12(17)11-8-16(7-6-13)9-14-11/h8-10H,3-7,13H2,1-2H3,(H,15,17). The molecule has 1 amide bonds. The molecule has 0 fully saturated rings. The molecule has 96 valence electrons. The molecule has 1 unspecified atom stereocenters. The van der Waals surface area contributed by atoms with Gasteiger partial charge in [-0.05, 0) is 13.3 Å². The van der Waals surface area contributed by atoms with Gasteiger partial charge in [-0.25, -0.2) is 4.98 Å². The number of imidazole rings is 1. The van der Waals surface area contributed by atoms with E-state index in [9.17, 15) is 4.79 Å². The van der Waals surface area contributed by atoms with Crippen LogP contribution in [-0.2, 0) is 6.54 Å². The zero-order valence-electron chi connectivity index (χ0n) is 10.6. The van der Waals surface area contributed by atoms with E-state index < -0.39 is 0 Å². The summed E-state index contributed by atoms with van der Waals surface area (Å²) in [5, 5.41) is 2.94. The fraction of sp³-hybridized carbons (Fsp3) is 0.667. The second-order valence-corrected chi connectivity index (χ2v) is 4.30. The predicted octanol–water partition coefficient (Wildman–Crippen LogP) is 1.15. The number of nitrogens with zero attached hydrogens (tertiary/aromatic N) is 2. The molecule has 0 saturated heterocycles. The van der Waals surface area contributed by atoms with Crippen LogP contribution in [0.4, 0.5) is 0 Å². The van der Waals surface area contributed by atoms with Gasteiger partial charge in [0.2, 0.25) is 0 Å². The second kappa shape index (κ2) is 7.06. The molecule has 17 heavy (non-hydrogen) atoms. The number of nitrogens with two attached hydrogens (primary N) is 1. The molecule has 0 aliphatic carbocycles. The van der Waals surface area contributed by atoms with Gasteiger partial charge in [0.1, 0.15) is 5.69 Å². The maximum atomic E-state index is 11.8. The van der Waals surface area contributed by atoms with Crippen LogP contribution in [0.1, 0.15) is 43.6 Å². The van der Waals surface area contributed by atoms with Crippen molar-refractivity contribution in [1.82, 2.24) is 14.9 Å². The summed E-state index contributed by atoms with van der Waals surface area (Å²) in [4.78, 5) is 15.9. The Hall–Kier alpha value is -1.36. The number of amides is 1. The van der Waals surface area contributed by atoms with Gasteiger partial charge in [-0.2, -0.15) is 0 Å². The molecule has 1 heterocycles. The molecule has 0 radical (unpaired) electrons. The Morgan fingerprint density at radius 1 is 1.65 bits per heavy atom. The summed E-state index contributed by atoms with van der Waals surface area (Å²) < 4.78 is 1.83. The Labute approximate surface area is 102 Å². The highest BCUT2D eigenvalue weighted by Gasteiger charge is 2.11. The van der Waals surface area contributed by atoms with Crippen LogP contribution in [0, 0.1) is 0 Å². The molecular weight excluding hydrogens is 216 g/mol. The van der Waals surface area contributed by atoms with Crippen molar-refractivity contribution >= 4 is 5.91 Å². The van der Waals surface area contributed by atoms with E-state index in [1.807, 2.05) is 11.5 Å². The first-order chi connectivity index (χ1) is 8.17. The Bertz CT molecular complexity index is 348. The zero-order chi connectivity index (χ0) is 12.7. The first-order valence-electron chi connectivity index (χ1n) is 6.20. The van der Waals surface area contributed by atoms with Crippen molar-refractivity contribution in [2.24, 2.45) is 5.73 Å². The highest BCUT2D eigenvalue weighted by atomic mass is 16.1. The molecule has 0 spiro atoms. The third-order valence-corrected chi connectivity index (χ3v) is 2.62. The first-order valence-corrected chi connectivity index (χ1v) is 6.20. The minimum atomic E-state index is -0.107. The maximum Gasteiger partial charge on any atom is 0.271 e. The first kappa shape index (κ1) is 13.7. The Morgan fingerprint density at radius 2 is 2.41 bits per heavy atom. The zero-order valence-corrected chi connectivity index (χ0v) is 10.6. The van der Waals surface area contributed by atoms with Crippen molar-refractivity contribution in [3.8, 4) is 0 Å². The highest BCUT2D eigenvalue weighted by molar-refractivity contribution is 5.92. The van der Waals surface area contributed by atoms with Crippen molar-refractivity contribution in [1.29, 1.82) is 0 Å². The van der Waals surface area contributed by atoms with Crippen molar-refractivity contribution in [3.05, 3.63) is 18.2 Å². The molecule has 3 N–H and O–H groups in total. The molecular formula is C12H22N4O. The maximum absolute atomic E-state index is 11.8. The molecule has 0 aromatic carbocycles. The minimum absolute atomic E-state index is 0.107. The fourth-order valence-corrected chi connectivity index (χ4v) is 1.63. The van der Waals surface area contributed by atoms with E-state index in [2.05, 4.69) is 17.2 Å². The number of carbonyl (C=O) groups excluding carboxylic acids is 1. The summed E-state index contributed by atoms with van der Waals surface area (Å²) in [6.07, 6.45) is 6.65. The van der Waals surface area contributed by atoms with Gasteiger partial charge in [-0.15, -0.1) is 0 Å². The van der Waals surface area contributed by atoms with Crippen molar-refractivity contribution in [2.45, 2.75) is 45.7 Å². The summed E-state index contributed by atoms with van der Waals surface area (Å²) in [6, 6.07) is 0.196. The lowest BCUT2D eigenvalue weighted by atomic mass is 10.1. The van der Waals surface area contributed by atoms with Crippen LogP contribution in [0.15, 0.2) is 12.5 Å². The second-order valence-electron chi connectivity index (χ2n) is 4.30. The van der Waals surface area contributed by atoms with Crippen LogP contribution in [-0.4, -0.2) is 28.0 Å². The van der Waals surface area contributed by atoms with Crippen LogP contribution in [0.3, 0.4) is 0 Å². The lowest BCUT2D eigenvalue weighted by Gasteiger charge is -2.11. The van der Waals surface area contributed by atoms with Crippen molar-refractivity contribution in [3.63, 3.8) is 0 Å². The van der Waals surface area contributed by atoms with E-state index >= 15 is 0 Å². The highest BCUT2D eigenvalue weighted by Crippen LogP contribution is 2.02. The predicted molar refractivity (Wildman–Crippen MR) is 67.7 cm³/mol. The SMILES string of the molecule is CCCCC(C)NC(=O)c1cn(CCN)cn1. The van der Waals surface area contributed by atoms with E-state index in [0.29, 0.717) is 18.8 Å². The molecule has 0 aliphatic rings. The summed E-state index contributed by atoms with van der Waals surface area (Å²) in [6.45, 7) is 5.39. The van der Waals surface area contributed by atoms with Gasteiger partial charge in [0.15, 0.2) is 0 Å². The number of nitrogens with one attached hydrogen (secondary N) is 1. The quantitative estimate of drug-likeness (QED) is 0.748. The van der Waals surface area contributed by atoms with E-state index in [1.54, 1.807) is 12.5 Å². The largest absolute Gasteiger partial charge is 0.348 e. The van der Waals surface area contributed by atoms with E-state index in [1.165, 1.54) is 0 Å². The van der Waals surface area contributed by atoms with Crippen molar-refractivity contribution in [2.75, 3.05) is 6.54 Å². The lowest BCUT2D eigenvalue weighted by Crippen LogP contribution is -2.32. The summed E-state index contributed by atoms with van der Waals surface area (Å²) >= 11 is 0. The lowest BCUT2D eigenvalue weighted by molar-refractivity contribution is 0.0933. The Kier molecular flexibility index (Phi) is 5.69. The third-order valence-electron chi connectivity index (χ3n) is 2.62. The average molecular weight is 238 g/mol. The minimum Gasteiger partial charge on any atom is -0.348 e. The van der Waals surface area contributed by atoms with Crippen molar-refractivity contribution < 1.29 is 4.79 Å². The fourth-order valence-electron chi connectivity index (χ4n) is 1.63. The van der Waals surface area contributed by atoms with Crippen LogP contribution in [0.2, 0.25) is 0 Å². The normalized spacial score (nSPS) is 12.4. The van der Waals surface area contributed by atoms with Gasteiger partial charge in [0.25, 0.3) is 5.91 Å². The molecule has 5 nitrogen and oxygen atoms in total. The smallest absolute Gasteiger partial charge is 0.271 e. The topological polar surface area (TPSA) is 72.9 Å². The number of unbranched alkanes of at least 4 members (excludes halogenated alkanes) is 1. The number of aromatic nitrogens is 2. The van der Waals surface area contributed by atoms with Gasteiger partial charge in [0, 0.05) is 25.3 Å². The number of hydrogen-bond donors (Lipinski definition) is 2. The van der Waals surface area contributed by atoms with Crippen LogP contribution < -0.4 is 11.1 Å².